The summed E-state index contributed by atoms with van der Waals surface area (Å²) in [6, 6.07) is 2.22. The Bertz CT molecular complexity index is 275. The Morgan fingerprint density at radius 3 is 2.73 bits per heavy atom. The number of aromatic nitrogens is 2. The minimum Gasteiger partial charge on any atom is -0.462 e. The van der Waals surface area contributed by atoms with Crippen molar-refractivity contribution in [1.29, 1.82) is 0 Å². The zero-order valence-corrected chi connectivity index (χ0v) is 8.63. The highest BCUT2D eigenvalue weighted by molar-refractivity contribution is 4.93. The molecule has 1 aliphatic heterocycles. The van der Waals surface area contributed by atoms with Crippen LogP contribution in [0.5, 0.6) is 6.01 Å². The normalized spacial score (nSPS) is 17.6. The van der Waals surface area contributed by atoms with Crippen LogP contribution in [-0.4, -0.2) is 54.3 Å². The fraction of sp³-hybridized carbons (Fsp3) is 0.600. The van der Waals surface area contributed by atoms with Crippen molar-refractivity contribution in [1.82, 2.24) is 14.9 Å². The molecule has 0 bridgehead atoms. The lowest BCUT2D eigenvalue weighted by Crippen LogP contribution is -2.38. The van der Waals surface area contributed by atoms with Crippen molar-refractivity contribution < 1.29 is 9.47 Å². The first-order chi connectivity index (χ1) is 7.45. The van der Waals surface area contributed by atoms with E-state index in [1.54, 1.807) is 18.5 Å². The van der Waals surface area contributed by atoms with Crippen LogP contribution in [0, 0.1) is 0 Å². The van der Waals surface area contributed by atoms with Crippen LogP contribution in [0.3, 0.4) is 0 Å². The molecule has 0 spiro atoms. The van der Waals surface area contributed by atoms with Crippen molar-refractivity contribution in [3.8, 4) is 6.01 Å². The van der Waals surface area contributed by atoms with E-state index in [2.05, 4.69) is 14.9 Å². The molecule has 15 heavy (non-hydrogen) atoms. The van der Waals surface area contributed by atoms with Gasteiger partial charge in [-0.25, -0.2) is 9.97 Å². The second kappa shape index (κ2) is 5.63. The Hall–Kier alpha value is -1.20. The van der Waals surface area contributed by atoms with E-state index in [4.69, 9.17) is 9.47 Å². The monoisotopic (exact) mass is 209 g/mol. The smallest absolute Gasteiger partial charge is 0.316 e. The highest BCUT2D eigenvalue weighted by Gasteiger charge is 2.09. The SMILES string of the molecule is c1cnc(OCCN2CCOCC2)nc1. The molecule has 0 atom stereocenters. The molecule has 5 nitrogen and oxygen atoms in total. The lowest BCUT2D eigenvalue weighted by Gasteiger charge is -2.26. The summed E-state index contributed by atoms with van der Waals surface area (Å²) in [5.41, 5.74) is 0. The summed E-state index contributed by atoms with van der Waals surface area (Å²) in [7, 11) is 0. The first-order valence-electron chi connectivity index (χ1n) is 5.15. The Labute approximate surface area is 89.0 Å². The summed E-state index contributed by atoms with van der Waals surface area (Å²) in [4.78, 5) is 10.3. The quantitative estimate of drug-likeness (QED) is 0.708. The molecule has 0 N–H and O–H groups in total. The molecule has 1 aromatic rings. The van der Waals surface area contributed by atoms with Gasteiger partial charge in [0.25, 0.3) is 0 Å². The van der Waals surface area contributed by atoms with Crippen LogP contribution < -0.4 is 4.74 Å². The molecular formula is C10H15N3O2. The molecule has 1 fully saturated rings. The lowest BCUT2D eigenvalue weighted by molar-refractivity contribution is 0.0317. The molecule has 0 aromatic carbocycles. The van der Waals surface area contributed by atoms with Crippen LogP contribution in [0.2, 0.25) is 0 Å². The fourth-order valence-corrected chi connectivity index (χ4v) is 1.45. The van der Waals surface area contributed by atoms with Crippen molar-refractivity contribution in [3.63, 3.8) is 0 Å². The van der Waals surface area contributed by atoms with E-state index in [9.17, 15) is 0 Å². The Balaban J connectivity index is 1.66. The van der Waals surface area contributed by atoms with Gasteiger partial charge >= 0.3 is 6.01 Å². The van der Waals surface area contributed by atoms with E-state index in [0.717, 1.165) is 32.8 Å². The third-order valence-electron chi connectivity index (χ3n) is 2.28. The van der Waals surface area contributed by atoms with Crippen LogP contribution in [0.1, 0.15) is 0 Å². The molecule has 5 heteroatoms. The number of rotatable bonds is 4. The minimum atomic E-state index is 0.450. The van der Waals surface area contributed by atoms with Gasteiger partial charge in [-0.05, 0) is 6.07 Å². The topological polar surface area (TPSA) is 47.5 Å². The minimum absolute atomic E-state index is 0.450. The van der Waals surface area contributed by atoms with Gasteiger partial charge in [-0.3, -0.25) is 4.90 Å². The van der Waals surface area contributed by atoms with Gasteiger partial charge in [0.2, 0.25) is 0 Å². The fourth-order valence-electron chi connectivity index (χ4n) is 1.45. The predicted octanol–water partition coefficient (Wildman–Crippen LogP) is 0.188. The average Bonchev–Trinajstić information content (AvgIpc) is 2.32. The molecule has 82 valence electrons. The van der Waals surface area contributed by atoms with E-state index in [1.807, 2.05) is 0 Å². The van der Waals surface area contributed by atoms with Gasteiger partial charge in [0, 0.05) is 32.0 Å². The maximum absolute atomic E-state index is 5.40. The molecule has 1 aliphatic rings. The van der Waals surface area contributed by atoms with Gasteiger partial charge in [0.05, 0.1) is 13.2 Å². The summed E-state index contributed by atoms with van der Waals surface area (Å²) in [5.74, 6) is 0. The maximum Gasteiger partial charge on any atom is 0.316 e. The zero-order valence-electron chi connectivity index (χ0n) is 8.63. The third kappa shape index (κ3) is 3.45. The number of morpholine rings is 1. The zero-order chi connectivity index (χ0) is 10.3. The molecule has 0 amide bonds. The molecule has 2 heterocycles. The molecule has 0 radical (unpaired) electrons. The van der Waals surface area contributed by atoms with Gasteiger partial charge in [-0.2, -0.15) is 0 Å². The molecule has 1 saturated heterocycles. The second-order valence-corrected chi connectivity index (χ2v) is 3.33. The van der Waals surface area contributed by atoms with Gasteiger partial charge in [-0.1, -0.05) is 0 Å². The van der Waals surface area contributed by atoms with Crippen molar-refractivity contribution in [3.05, 3.63) is 18.5 Å². The van der Waals surface area contributed by atoms with Crippen LogP contribution >= 0.6 is 0 Å². The van der Waals surface area contributed by atoms with Crippen molar-refractivity contribution in [2.75, 3.05) is 39.5 Å². The van der Waals surface area contributed by atoms with E-state index in [-0.39, 0.29) is 0 Å². The van der Waals surface area contributed by atoms with Gasteiger partial charge in [-0.15, -0.1) is 0 Å². The van der Waals surface area contributed by atoms with Crippen LogP contribution in [-0.2, 0) is 4.74 Å². The van der Waals surface area contributed by atoms with E-state index >= 15 is 0 Å². The van der Waals surface area contributed by atoms with Crippen LogP contribution in [0.15, 0.2) is 18.5 Å². The Kier molecular flexibility index (Phi) is 3.87. The summed E-state index contributed by atoms with van der Waals surface area (Å²) >= 11 is 0. The van der Waals surface area contributed by atoms with Crippen LogP contribution in [0.25, 0.3) is 0 Å². The van der Waals surface area contributed by atoms with Crippen molar-refractivity contribution in [2.24, 2.45) is 0 Å². The molecule has 1 aromatic heterocycles. The predicted molar refractivity (Wildman–Crippen MR) is 54.8 cm³/mol. The lowest BCUT2D eigenvalue weighted by atomic mass is 10.4. The second-order valence-electron chi connectivity index (χ2n) is 3.33. The highest BCUT2D eigenvalue weighted by Crippen LogP contribution is 1.99. The summed E-state index contributed by atoms with van der Waals surface area (Å²) in [5, 5.41) is 0. The molecule has 0 saturated carbocycles. The van der Waals surface area contributed by atoms with Crippen molar-refractivity contribution >= 4 is 0 Å². The van der Waals surface area contributed by atoms with Crippen LogP contribution in [0.4, 0.5) is 0 Å². The average molecular weight is 209 g/mol. The molecule has 0 aliphatic carbocycles. The number of ether oxygens (including phenoxy) is 2. The molecule has 2 rings (SSSR count). The molecule has 0 unspecified atom stereocenters. The van der Waals surface area contributed by atoms with E-state index < -0.39 is 0 Å². The van der Waals surface area contributed by atoms with E-state index in [0.29, 0.717) is 12.6 Å². The van der Waals surface area contributed by atoms with Gasteiger partial charge < -0.3 is 9.47 Å². The number of nitrogens with zero attached hydrogens (tertiary/aromatic N) is 3. The standard InChI is InChI=1S/C10H15N3O2/c1-2-11-10(12-3-1)15-9-6-13-4-7-14-8-5-13/h1-3H,4-9H2. The first kappa shape index (κ1) is 10.3. The van der Waals surface area contributed by atoms with Gasteiger partial charge in [0.15, 0.2) is 0 Å². The highest BCUT2D eigenvalue weighted by atomic mass is 16.5. The largest absolute Gasteiger partial charge is 0.462 e. The third-order valence-corrected chi connectivity index (χ3v) is 2.28. The Morgan fingerprint density at radius 1 is 1.27 bits per heavy atom. The summed E-state index contributed by atoms with van der Waals surface area (Å²) in [6.45, 7) is 5.15. The summed E-state index contributed by atoms with van der Waals surface area (Å²) < 4.78 is 10.7. The van der Waals surface area contributed by atoms with Gasteiger partial charge in [0.1, 0.15) is 6.61 Å². The van der Waals surface area contributed by atoms with Crippen molar-refractivity contribution in [2.45, 2.75) is 0 Å². The number of hydrogen-bond donors (Lipinski definition) is 0. The molecular weight excluding hydrogens is 194 g/mol. The summed E-state index contributed by atoms with van der Waals surface area (Å²) in [6.07, 6.45) is 3.36. The number of hydrogen-bond acceptors (Lipinski definition) is 5. The Morgan fingerprint density at radius 2 is 2.00 bits per heavy atom. The maximum atomic E-state index is 5.40. The first-order valence-corrected chi connectivity index (χ1v) is 5.15. The van der Waals surface area contributed by atoms with E-state index in [1.165, 1.54) is 0 Å².